The Labute approximate surface area is 348 Å². The molecule has 61 heavy (non-hydrogen) atoms. The Bertz CT molecular complexity index is 3880. The van der Waals surface area contributed by atoms with Crippen LogP contribution in [0.15, 0.2) is 203 Å². The van der Waals surface area contributed by atoms with Crippen LogP contribution in [0.3, 0.4) is 0 Å². The number of rotatable bonds is 5. The number of aromatic nitrogens is 4. The van der Waals surface area contributed by atoms with E-state index in [0.29, 0.717) is 17.5 Å². The van der Waals surface area contributed by atoms with Crippen LogP contribution in [0.4, 0.5) is 0 Å². The Hall–Kier alpha value is -8.35. The standard InChI is InChI=1S/C55H32N4O2/c1-2-12-34(13-3-1)53-56-54(58-55(57-53)38-26-27-42-41-17-7-10-20-48(41)60-50(42)31-38)35-24-22-33(23-25-35)39-30-47(52-43-18-8-11-21-49(43)61-51(52)32-39)59-45-19-9-6-16-40(45)44-28-36-14-4-5-15-37(36)29-46(44)59/h1-32H. The normalized spacial score (nSPS) is 11.9. The highest BCUT2D eigenvalue weighted by Crippen LogP contribution is 2.42. The van der Waals surface area contributed by atoms with Gasteiger partial charge in [-0.3, -0.25) is 0 Å². The summed E-state index contributed by atoms with van der Waals surface area (Å²) in [6, 6.07) is 67.5. The maximum absolute atomic E-state index is 6.65. The molecule has 0 unspecified atom stereocenters. The van der Waals surface area contributed by atoms with Gasteiger partial charge < -0.3 is 13.4 Å². The van der Waals surface area contributed by atoms with Crippen molar-refractivity contribution in [1.29, 1.82) is 0 Å². The predicted octanol–water partition coefficient (Wildman–Crippen LogP) is 14.6. The Balaban J connectivity index is 0.975. The summed E-state index contributed by atoms with van der Waals surface area (Å²) in [6.45, 7) is 0. The number of benzene rings is 9. The largest absolute Gasteiger partial charge is 0.456 e. The third kappa shape index (κ3) is 5.32. The van der Waals surface area contributed by atoms with Crippen molar-refractivity contribution in [3.8, 4) is 51.0 Å². The SMILES string of the molecule is c1ccc(-c2nc(-c3ccc(-c4cc(-n5c6ccccc6c6cc7ccccc7cc65)c5c(c4)oc4ccccc45)cc3)nc(-c3ccc4c(c3)oc3ccccc34)n2)cc1. The second-order valence-electron chi connectivity index (χ2n) is 15.6. The Kier molecular flexibility index (Phi) is 7.21. The van der Waals surface area contributed by atoms with Crippen molar-refractivity contribution in [2.24, 2.45) is 0 Å². The zero-order chi connectivity index (χ0) is 40.0. The molecule has 6 heteroatoms. The lowest BCUT2D eigenvalue weighted by Gasteiger charge is -2.13. The summed E-state index contributed by atoms with van der Waals surface area (Å²) < 4.78 is 15.3. The van der Waals surface area contributed by atoms with Gasteiger partial charge in [-0.15, -0.1) is 0 Å². The van der Waals surface area contributed by atoms with Gasteiger partial charge in [0.1, 0.15) is 22.3 Å². The van der Waals surface area contributed by atoms with Crippen LogP contribution in [0.2, 0.25) is 0 Å². The van der Waals surface area contributed by atoms with Crippen LogP contribution in [0, 0.1) is 0 Å². The molecule has 0 saturated carbocycles. The van der Waals surface area contributed by atoms with Crippen molar-refractivity contribution in [3.63, 3.8) is 0 Å². The predicted molar refractivity (Wildman–Crippen MR) is 248 cm³/mol. The molecule has 4 heterocycles. The van der Waals surface area contributed by atoms with E-state index >= 15 is 0 Å². The van der Waals surface area contributed by atoms with Crippen LogP contribution < -0.4 is 0 Å². The van der Waals surface area contributed by atoms with E-state index in [2.05, 4.69) is 138 Å². The van der Waals surface area contributed by atoms with Gasteiger partial charge >= 0.3 is 0 Å². The van der Waals surface area contributed by atoms with E-state index in [0.717, 1.165) is 88.4 Å². The first kappa shape index (κ1) is 33.6. The van der Waals surface area contributed by atoms with Crippen molar-refractivity contribution in [2.45, 2.75) is 0 Å². The van der Waals surface area contributed by atoms with Crippen molar-refractivity contribution in [3.05, 3.63) is 194 Å². The van der Waals surface area contributed by atoms with Gasteiger partial charge in [0, 0.05) is 43.6 Å². The van der Waals surface area contributed by atoms with Crippen molar-refractivity contribution >= 4 is 76.5 Å². The molecule has 13 aromatic rings. The maximum Gasteiger partial charge on any atom is 0.164 e. The van der Waals surface area contributed by atoms with Gasteiger partial charge in [-0.2, -0.15) is 0 Å². The van der Waals surface area contributed by atoms with Gasteiger partial charge in [0.05, 0.1) is 22.1 Å². The molecule has 0 spiro atoms. The summed E-state index contributed by atoms with van der Waals surface area (Å²) in [6.07, 6.45) is 0. The molecular formula is C55H32N4O2. The van der Waals surface area contributed by atoms with Crippen LogP contribution in [-0.2, 0) is 0 Å². The van der Waals surface area contributed by atoms with Crippen molar-refractivity contribution < 1.29 is 8.83 Å². The first-order valence-electron chi connectivity index (χ1n) is 20.4. The van der Waals surface area contributed by atoms with Gasteiger partial charge in [0.15, 0.2) is 17.5 Å². The van der Waals surface area contributed by atoms with Crippen molar-refractivity contribution in [2.75, 3.05) is 0 Å². The molecule has 0 fully saturated rings. The number of nitrogens with zero attached hydrogens (tertiary/aromatic N) is 4. The van der Waals surface area contributed by atoms with Crippen LogP contribution >= 0.6 is 0 Å². The smallest absolute Gasteiger partial charge is 0.164 e. The Morgan fingerprint density at radius 3 is 1.64 bits per heavy atom. The number of para-hydroxylation sites is 3. The number of fused-ring (bicyclic) bond motifs is 10. The molecule has 0 aliphatic carbocycles. The molecular weight excluding hydrogens is 749 g/mol. The lowest BCUT2D eigenvalue weighted by atomic mass is 10.00. The first-order valence-corrected chi connectivity index (χ1v) is 20.4. The molecule has 0 atom stereocenters. The van der Waals surface area contributed by atoms with Gasteiger partial charge in [0.2, 0.25) is 0 Å². The van der Waals surface area contributed by atoms with E-state index in [1.54, 1.807) is 0 Å². The minimum absolute atomic E-state index is 0.578. The highest BCUT2D eigenvalue weighted by molar-refractivity contribution is 6.17. The van der Waals surface area contributed by atoms with Crippen LogP contribution in [0.1, 0.15) is 0 Å². The molecule has 0 saturated heterocycles. The average Bonchev–Trinajstić information content (AvgIpc) is 4.00. The molecule has 284 valence electrons. The number of hydrogen-bond donors (Lipinski definition) is 0. The molecule has 9 aromatic carbocycles. The highest BCUT2D eigenvalue weighted by Gasteiger charge is 2.21. The summed E-state index contributed by atoms with van der Waals surface area (Å²) in [5.41, 5.74) is 11.4. The molecule has 0 amide bonds. The zero-order valence-electron chi connectivity index (χ0n) is 32.6. The van der Waals surface area contributed by atoms with E-state index in [9.17, 15) is 0 Å². The van der Waals surface area contributed by atoms with Gasteiger partial charge in [-0.05, 0) is 76.5 Å². The van der Waals surface area contributed by atoms with Crippen LogP contribution in [-0.4, -0.2) is 19.5 Å². The lowest BCUT2D eigenvalue weighted by molar-refractivity contribution is 0.668. The number of hydrogen-bond acceptors (Lipinski definition) is 5. The Morgan fingerprint density at radius 1 is 0.311 bits per heavy atom. The van der Waals surface area contributed by atoms with Gasteiger partial charge in [-0.1, -0.05) is 140 Å². The first-order chi connectivity index (χ1) is 30.2. The molecule has 6 nitrogen and oxygen atoms in total. The van der Waals surface area contributed by atoms with E-state index in [4.69, 9.17) is 23.8 Å². The molecule has 0 radical (unpaired) electrons. The molecule has 4 aromatic heterocycles. The quantitative estimate of drug-likeness (QED) is 0.174. The third-order valence-electron chi connectivity index (χ3n) is 12.0. The fourth-order valence-corrected chi connectivity index (χ4v) is 9.12. The lowest BCUT2D eigenvalue weighted by Crippen LogP contribution is -2.00. The summed E-state index contributed by atoms with van der Waals surface area (Å²) in [4.78, 5) is 15.1. The third-order valence-corrected chi connectivity index (χ3v) is 12.0. The van der Waals surface area contributed by atoms with E-state index in [1.165, 1.54) is 21.5 Å². The zero-order valence-corrected chi connectivity index (χ0v) is 32.6. The second-order valence-corrected chi connectivity index (χ2v) is 15.6. The molecule has 0 N–H and O–H groups in total. The van der Waals surface area contributed by atoms with Gasteiger partial charge in [-0.25, -0.2) is 15.0 Å². The number of furan rings is 2. The minimum Gasteiger partial charge on any atom is -0.456 e. The van der Waals surface area contributed by atoms with E-state index < -0.39 is 0 Å². The molecule has 13 rings (SSSR count). The molecule has 0 bridgehead atoms. The van der Waals surface area contributed by atoms with Crippen molar-refractivity contribution in [1.82, 2.24) is 19.5 Å². The van der Waals surface area contributed by atoms with Crippen LogP contribution in [0.5, 0.6) is 0 Å². The maximum atomic E-state index is 6.65. The molecule has 0 aliphatic rings. The summed E-state index contributed by atoms with van der Waals surface area (Å²) in [7, 11) is 0. The summed E-state index contributed by atoms with van der Waals surface area (Å²) >= 11 is 0. The topological polar surface area (TPSA) is 69.9 Å². The second kappa shape index (κ2) is 13.1. The summed E-state index contributed by atoms with van der Waals surface area (Å²) in [5, 5.41) is 9.16. The van der Waals surface area contributed by atoms with Crippen LogP contribution in [0.25, 0.3) is 127 Å². The summed E-state index contributed by atoms with van der Waals surface area (Å²) in [5.74, 6) is 1.77. The fraction of sp³-hybridized carbons (Fsp3) is 0. The van der Waals surface area contributed by atoms with E-state index in [1.807, 2.05) is 60.7 Å². The van der Waals surface area contributed by atoms with Gasteiger partial charge in [0.25, 0.3) is 0 Å². The molecule has 0 aliphatic heterocycles. The fourth-order valence-electron chi connectivity index (χ4n) is 9.12. The highest BCUT2D eigenvalue weighted by atomic mass is 16.3. The average molecular weight is 781 g/mol. The monoisotopic (exact) mass is 780 g/mol. The minimum atomic E-state index is 0.578. The van der Waals surface area contributed by atoms with E-state index in [-0.39, 0.29) is 0 Å². The Morgan fingerprint density at radius 2 is 0.852 bits per heavy atom.